The molecular formula is C28H25KN2O7S. The third kappa shape index (κ3) is 7.18. The van der Waals surface area contributed by atoms with E-state index in [2.05, 4.69) is 4.74 Å². The van der Waals surface area contributed by atoms with Crippen molar-refractivity contribution in [3.8, 4) is 22.8 Å². The van der Waals surface area contributed by atoms with Gasteiger partial charge in [0.05, 0.1) is 25.7 Å². The molecule has 4 aromatic rings. The van der Waals surface area contributed by atoms with Crippen molar-refractivity contribution in [2.24, 2.45) is 0 Å². The molecular weight excluding hydrogens is 547 g/mol. The molecule has 0 unspecified atom stereocenters. The number of nitrogens with zero attached hydrogens (tertiary/aromatic N) is 1. The number of ketones is 1. The number of aromatic nitrogens is 1. The zero-order chi connectivity index (χ0) is 27.3. The maximum absolute atomic E-state index is 12.8. The fourth-order valence-corrected chi connectivity index (χ4v) is 4.69. The number of ether oxygens (including phenoxy) is 3. The first kappa shape index (κ1) is 30.6. The average Bonchev–Trinajstić information content (AvgIpc) is 3.35. The number of fused-ring (bicyclic) bond motifs is 1. The van der Waals surface area contributed by atoms with Crippen LogP contribution in [-0.4, -0.2) is 41.1 Å². The van der Waals surface area contributed by atoms with Crippen LogP contribution in [0.5, 0.6) is 11.5 Å². The normalized spacial score (nSPS) is 11.2. The summed E-state index contributed by atoms with van der Waals surface area (Å²) in [5.74, 6) is 0.711. The number of hydrogen-bond acceptors (Lipinski definition) is 7. The standard InChI is InChI=1S/C28H25N2O7S.K/c1-4-37-28(32)30-38(33,34)21-12-9-18(10-13-21)25(31)14-11-20-15-22(27(36-3)17-26(20)35-2)24-16-19-7-5-6-8-23(19)29-24;/h5-17H,4H2,1-3H3,(H,30,32);/q-1;+1/b14-11+;. The van der Waals surface area contributed by atoms with Crippen LogP contribution in [0, 0.1) is 0 Å². The van der Waals surface area contributed by atoms with Crippen LogP contribution in [0.3, 0.4) is 0 Å². The molecule has 0 aliphatic carbocycles. The second-order valence-corrected chi connectivity index (χ2v) is 9.72. The van der Waals surface area contributed by atoms with E-state index in [1.54, 1.807) is 30.9 Å². The fourth-order valence-electron chi connectivity index (χ4n) is 3.80. The minimum Gasteiger partial charge on any atom is -0.657 e. The van der Waals surface area contributed by atoms with Crippen molar-refractivity contribution in [1.82, 2.24) is 9.71 Å². The Morgan fingerprint density at radius 3 is 2.28 bits per heavy atom. The molecule has 1 aromatic heterocycles. The van der Waals surface area contributed by atoms with E-state index in [1.165, 1.54) is 37.5 Å². The summed E-state index contributed by atoms with van der Waals surface area (Å²) in [6, 6.07) is 18.5. The van der Waals surface area contributed by atoms with Crippen LogP contribution in [0.2, 0.25) is 0 Å². The second kappa shape index (κ2) is 13.4. The molecule has 0 fully saturated rings. The summed E-state index contributed by atoms with van der Waals surface area (Å²) in [6.45, 7) is 1.59. The first-order valence-electron chi connectivity index (χ1n) is 11.6. The molecule has 9 nitrogen and oxygen atoms in total. The van der Waals surface area contributed by atoms with Gasteiger partial charge in [0.2, 0.25) is 0 Å². The van der Waals surface area contributed by atoms with Gasteiger partial charge in [-0.2, -0.15) is 0 Å². The molecule has 0 saturated heterocycles. The summed E-state index contributed by atoms with van der Waals surface area (Å²) in [4.78, 5) is 28.8. The SMILES string of the molecule is CCOC(=O)NS(=O)(=O)c1ccc(C(=O)/C=C/c2cc(-c3cc4ccccc4[n-]3)c(OC)cc2OC)cc1.[K+]. The van der Waals surface area contributed by atoms with Crippen molar-refractivity contribution >= 4 is 38.9 Å². The molecule has 1 amide bonds. The number of nitrogens with one attached hydrogen (secondary N) is 1. The summed E-state index contributed by atoms with van der Waals surface area (Å²) < 4.78 is 42.1. The van der Waals surface area contributed by atoms with Gasteiger partial charge in [-0.15, -0.1) is 11.2 Å². The Morgan fingerprint density at radius 1 is 0.949 bits per heavy atom. The van der Waals surface area contributed by atoms with Crippen molar-refractivity contribution in [2.45, 2.75) is 11.8 Å². The molecule has 0 aliphatic rings. The summed E-state index contributed by atoms with van der Waals surface area (Å²) >= 11 is 0. The molecule has 4 rings (SSSR count). The van der Waals surface area contributed by atoms with E-state index in [0.717, 1.165) is 22.2 Å². The summed E-state index contributed by atoms with van der Waals surface area (Å²) in [7, 11) is -1.04. The largest absolute Gasteiger partial charge is 1.00 e. The van der Waals surface area contributed by atoms with E-state index in [0.29, 0.717) is 17.1 Å². The van der Waals surface area contributed by atoms with E-state index in [4.69, 9.17) is 14.5 Å². The van der Waals surface area contributed by atoms with Gasteiger partial charge in [-0.3, -0.25) is 4.79 Å². The number of carbonyl (C=O) groups excluding carboxylic acids is 2. The molecule has 1 heterocycles. The molecule has 1 N–H and O–H groups in total. The zero-order valence-corrected chi connectivity index (χ0v) is 25.9. The zero-order valence-electron chi connectivity index (χ0n) is 21.9. The number of allylic oxidation sites excluding steroid dienone is 1. The van der Waals surface area contributed by atoms with E-state index in [-0.39, 0.29) is 74.2 Å². The summed E-state index contributed by atoms with van der Waals surface area (Å²) in [6.07, 6.45) is 1.90. The molecule has 0 spiro atoms. The molecule has 3 aromatic carbocycles. The van der Waals surface area contributed by atoms with Crippen LogP contribution in [-0.2, 0) is 14.8 Å². The minimum atomic E-state index is -4.12. The maximum Gasteiger partial charge on any atom is 1.00 e. The van der Waals surface area contributed by atoms with Crippen molar-refractivity contribution in [2.75, 3.05) is 20.8 Å². The fraction of sp³-hybridized carbons (Fsp3) is 0.143. The Morgan fingerprint density at radius 2 is 1.64 bits per heavy atom. The Balaban J connectivity index is 0.00000420. The molecule has 11 heteroatoms. The van der Waals surface area contributed by atoms with Crippen LogP contribution >= 0.6 is 0 Å². The van der Waals surface area contributed by atoms with E-state index in [9.17, 15) is 18.0 Å². The van der Waals surface area contributed by atoms with E-state index >= 15 is 0 Å². The van der Waals surface area contributed by atoms with Gasteiger partial charge in [0.15, 0.2) is 5.78 Å². The first-order valence-corrected chi connectivity index (χ1v) is 13.0. The predicted molar refractivity (Wildman–Crippen MR) is 143 cm³/mol. The number of amides is 1. The smallest absolute Gasteiger partial charge is 0.657 e. The second-order valence-electron chi connectivity index (χ2n) is 8.04. The molecule has 196 valence electrons. The number of hydrogen-bond donors (Lipinski definition) is 1. The van der Waals surface area contributed by atoms with Gasteiger partial charge in [0.1, 0.15) is 11.5 Å². The Bertz CT molecular complexity index is 1590. The Kier molecular flexibility index (Phi) is 10.5. The van der Waals surface area contributed by atoms with Gasteiger partial charge in [0, 0.05) is 22.8 Å². The number of methoxy groups -OCH3 is 2. The molecule has 0 radical (unpaired) electrons. The van der Waals surface area contributed by atoms with Gasteiger partial charge < -0.3 is 19.2 Å². The van der Waals surface area contributed by atoms with Crippen molar-refractivity contribution in [3.63, 3.8) is 0 Å². The van der Waals surface area contributed by atoms with Crippen molar-refractivity contribution < 1.29 is 83.6 Å². The minimum absolute atomic E-state index is 0. The Labute approximate surface area is 269 Å². The van der Waals surface area contributed by atoms with Crippen LogP contribution < -0.4 is 70.6 Å². The van der Waals surface area contributed by atoms with Crippen molar-refractivity contribution in [1.29, 1.82) is 0 Å². The van der Waals surface area contributed by atoms with Crippen LogP contribution in [0.4, 0.5) is 4.79 Å². The molecule has 0 atom stereocenters. The number of benzene rings is 3. The molecule has 0 saturated carbocycles. The summed E-state index contributed by atoms with van der Waals surface area (Å²) in [5.41, 5.74) is 3.20. The average molecular weight is 573 g/mol. The predicted octanol–water partition coefficient (Wildman–Crippen LogP) is 1.82. The maximum atomic E-state index is 12.8. The van der Waals surface area contributed by atoms with Gasteiger partial charge in [0.25, 0.3) is 10.0 Å². The molecule has 39 heavy (non-hydrogen) atoms. The van der Waals surface area contributed by atoms with Crippen LogP contribution in [0.25, 0.3) is 28.2 Å². The first-order chi connectivity index (χ1) is 18.2. The third-order valence-electron chi connectivity index (χ3n) is 5.65. The monoisotopic (exact) mass is 572 g/mol. The van der Waals surface area contributed by atoms with Gasteiger partial charge in [-0.25, -0.2) is 17.9 Å². The van der Waals surface area contributed by atoms with Crippen LogP contribution in [0.1, 0.15) is 22.8 Å². The van der Waals surface area contributed by atoms with E-state index in [1.807, 2.05) is 36.4 Å². The third-order valence-corrected chi connectivity index (χ3v) is 6.98. The van der Waals surface area contributed by atoms with Crippen LogP contribution in [0.15, 0.2) is 77.7 Å². The number of rotatable bonds is 9. The van der Waals surface area contributed by atoms with Gasteiger partial charge in [-0.1, -0.05) is 30.3 Å². The number of para-hydroxylation sites is 1. The van der Waals surface area contributed by atoms with Crippen molar-refractivity contribution in [3.05, 3.63) is 83.9 Å². The van der Waals surface area contributed by atoms with Gasteiger partial charge >= 0.3 is 57.5 Å². The number of sulfonamides is 1. The summed E-state index contributed by atoms with van der Waals surface area (Å²) in [5, 5.41) is 0.996. The quantitative estimate of drug-likeness (QED) is 0.183. The number of carbonyl (C=O) groups is 2. The van der Waals surface area contributed by atoms with Gasteiger partial charge in [-0.05, 0) is 54.8 Å². The topological polar surface area (TPSA) is 122 Å². The molecule has 0 bridgehead atoms. The Hall–Kier alpha value is -2.93. The van der Waals surface area contributed by atoms with E-state index < -0.39 is 16.1 Å². The molecule has 0 aliphatic heterocycles.